The van der Waals surface area contributed by atoms with Crippen molar-refractivity contribution in [1.29, 1.82) is 0 Å². The van der Waals surface area contributed by atoms with Crippen LogP contribution in [0, 0.1) is 13.8 Å². The lowest BCUT2D eigenvalue weighted by Gasteiger charge is -2.08. The Morgan fingerprint density at radius 3 is 2.71 bits per heavy atom. The minimum Gasteiger partial charge on any atom is -0.370 e. The van der Waals surface area contributed by atoms with Crippen molar-refractivity contribution in [1.82, 2.24) is 19.7 Å². The van der Waals surface area contributed by atoms with Gasteiger partial charge >= 0.3 is 0 Å². The average Bonchev–Trinajstić information content (AvgIpc) is 2.73. The molecule has 0 amide bonds. The second-order valence-corrected chi connectivity index (χ2v) is 5.56. The van der Waals surface area contributed by atoms with Gasteiger partial charge in [0.2, 0.25) is 0 Å². The molecule has 0 radical (unpaired) electrons. The molecule has 0 aliphatic heterocycles. The van der Waals surface area contributed by atoms with Crippen LogP contribution < -0.4 is 5.32 Å². The van der Waals surface area contributed by atoms with E-state index in [2.05, 4.69) is 40.3 Å². The summed E-state index contributed by atoms with van der Waals surface area (Å²) in [5.74, 6) is 1.60. The maximum atomic E-state index is 6.01. The van der Waals surface area contributed by atoms with Crippen molar-refractivity contribution < 1.29 is 0 Å². The van der Waals surface area contributed by atoms with Crippen molar-refractivity contribution in [2.24, 2.45) is 0 Å². The second kappa shape index (κ2) is 7.41. The molecule has 6 heteroatoms. The van der Waals surface area contributed by atoms with Crippen LogP contribution in [0.1, 0.15) is 37.0 Å². The van der Waals surface area contributed by atoms with Gasteiger partial charge in [-0.3, -0.25) is 4.68 Å². The third-order valence-electron chi connectivity index (χ3n) is 3.17. The van der Waals surface area contributed by atoms with Crippen molar-refractivity contribution in [2.75, 3.05) is 11.9 Å². The lowest BCUT2D eigenvalue weighted by atomic mass is 10.3. The van der Waals surface area contributed by atoms with Gasteiger partial charge in [-0.15, -0.1) is 0 Å². The minimum absolute atomic E-state index is 0.495. The molecule has 2 aromatic heterocycles. The molecule has 0 saturated heterocycles. The van der Waals surface area contributed by atoms with Gasteiger partial charge < -0.3 is 5.32 Å². The monoisotopic (exact) mass is 307 g/mol. The second-order valence-electron chi connectivity index (χ2n) is 5.17. The van der Waals surface area contributed by atoms with E-state index < -0.39 is 0 Å². The van der Waals surface area contributed by atoms with Gasteiger partial charge in [-0.25, -0.2) is 9.97 Å². The number of nitrogens with zero attached hydrogens (tertiary/aromatic N) is 4. The van der Waals surface area contributed by atoms with Crippen LogP contribution in [-0.4, -0.2) is 26.3 Å². The van der Waals surface area contributed by atoms with Gasteiger partial charge in [0.25, 0.3) is 0 Å². The molecule has 0 aliphatic carbocycles. The van der Waals surface area contributed by atoms with E-state index in [-0.39, 0.29) is 0 Å². The van der Waals surface area contributed by atoms with Gasteiger partial charge in [0, 0.05) is 31.3 Å². The first-order valence-electron chi connectivity index (χ1n) is 7.37. The molecular formula is C15H22ClN5. The Morgan fingerprint density at radius 2 is 2.05 bits per heavy atom. The Labute approximate surface area is 130 Å². The summed E-state index contributed by atoms with van der Waals surface area (Å²) in [7, 11) is 0. The van der Waals surface area contributed by atoms with E-state index in [9.17, 15) is 0 Å². The highest BCUT2D eigenvalue weighted by atomic mass is 35.5. The van der Waals surface area contributed by atoms with Crippen molar-refractivity contribution >= 4 is 17.4 Å². The topological polar surface area (TPSA) is 55.6 Å². The largest absolute Gasteiger partial charge is 0.370 e. The fraction of sp³-hybridized carbons (Fsp3) is 0.533. The Hall–Kier alpha value is -1.62. The zero-order chi connectivity index (χ0) is 15.2. The standard InChI is InChI=1S/C15H22ClN5/c1-4-6-14-18-13(16)10-15(19-14)17-7-5-8-21-12(3)9-11(2)20-21/h9-10H,4-8H2,1-3H3,(H,17,18,19). The van der Waals surface area contributed by atoms with E-state index >= 15 is 0 Å². The summed E-state index contributed by atoms with van der Waals surface area (Å²) in [5, 5.41) is 8.25. The van der Waals surface area contributed by atoms with Gasteiger partial charge in [-0.2, -0.15) is 5.10 Å². The fourth-order valence-corrected chi connectivity index (χ4v) is 2.44. The summed E-state index contributed by atoms with van der Waals surface area (Å²) in [5.41, 5.74) is 2.26. The molecule has 114 valence electrons. The van der Waals surface area contributed by atoms with Gasteiger partial charge in [0.1, 0.15) is 16.8 Å². The molecule has 5 nitrogen and oxygen atoms in total. The van der Waals surface area contributed by atoms with Gasteiger partial charge in [0.15, 0.2) is 0 Å². The van der Waals surface area contributed by atoms with Crippen LogP contribution in [0.5, 0.6) is 0 Å². The van der Waals surface area contributed by atoms with Gasteiger partial charge in [0.05, 0.1) is 5.69 Å². The van der Waals surface area contributed by atoms with Gasteiger partial charge in [-0.05, 0) is 32.8 Å². The summed E-state index contributed by atoms with van der Waals surface area (Å²) in [6, 6.07) is 3.86. The first kappa shape index (κ1) is 15.8. The molecule has 0 aromatic carbocycles. The number of aromatic nitrogens is 4. The molecule has 0 saturated carbocycles. The molecule has 2 heterocycles. The summed E-state index contributed by atoms with van der Waals surface area (Å²) in [6.45, 7) is 7.92. The van der Waals surface area contributed by atoms with Crippen LogP contribution in [0.15, 0.2) is 12.1 Å². The number of nitrogens with one attached hydrogen (secondary N) is 1. The molecule has 0 bridgehead atoms. The molecule has 2 aromatic rings. The molecule has 0 aliphatic rings. The zero-order valence-electron chi connectivity index (χ0n) is 12.9. The molecular weight excluding hydrogens is 286 g/mol. The number of aryl methyl sites for hydroxylation is 4. The van der Waals surface area contributed by atoms with E-state index in [0.717, 1.165) is 49.7 Å². The van der Waals surface area contributed by atoms with Crippen LogP contribution >= 0.6 is 11.6 Å². The van der Waals surface area contributed by atoms with Crippen molar-refractivity contribution in [3.05, 3.63) is 34.5 Å². The summed E-state index contributed by atoms with van der Waals surface area (Å²) >= 11 is 6.01. The lowest BCUT2D eigenvalue weighted by Crippen LogP contribution is -2.10. The third-order valence-corrected chi connectivity index (χ3v) is 3.36. The number of hydrogen-bond donors (Lipinski definition) is 1. The van der Waals surface area contributed by atoms with Crippen molar-refractivity contribution in [2.45, 2.75) is 46.6 Å². The lowest BCUT2D eigenvalue weighted by molar-refractivity contribution is 0.573. The minimum atomic E-state index is 0.495. The molecule has 1 N–H and O–H groups in total. The molecule has 0 atom stereocenters. The third kappa shape index (κ3) is 4.70. The maximum absolute atomic E-state index is 6.01. The molecule has 21 heavy (non-hydrogen) atoms. The van der Waals surface area contributed by atoms with Crippen LogP contribution in [-0.2, 0) is 13.0 Å². The number of hydrogen-bond acceptors (Lipinski definition) is 4. The molecule has 0 unspecified atom stereocenters. The number of rotatable bonds is 7. The molecule has 2 rings (SSSR count). The van der Waals surface area contributed by atoms with Gasteiger partial charge in [-0.1, -0.05) is 18.5 Å². The first-order valence-corrected chi connectivity index (χ1v) is 7.74. The van der Waals surface area contributed by atoms with E-state index in [0.29, 0.717) is 5.15 Å². The zero-order valence-corrected chi connectivity index (χ0v) is 13.6. The Morgan fingerprint density at radius 1 is 1.24 bits per heavy atom. The number of anilines is 1. The summed E-state index contributed by atoms with van der Waals surface area (Å²) in [6.07, 6.45) is 2.84. The molecule has 0 fully saturated rings. The quantitative estimate of drug-likeness (QED) is 0.629. The summed E-state index contributed by atoms with van der Waals surface area (Å²) in [4.78, 5) is 8.67. The first-order chi connectivity index (χ1) is 10.1. The van der Waals surface area contributed by atoms with Crippen LogP contribution in [0.3, 0.4) is 0 Å². The molecule has 0 spiro atoms. The highest BCUT2D eigenvalue weighted by Gasteiger charge is 2.03. The van der Waals surface area contributed by atoms with E-state index in [1.807, 2.05) is 11.6 Å². The maximum Gasteiger partial charge on any atom is 0.134 e. The predicted octanol–water partition coefficient (Wildman–Crippen LogP) is 3.40. The predicted molar refractivity (Wildman–Crippen MR) is 85.8 cm³/mol. The van der Waals surface area contributed by atoms with Crippen LogP contribution in [0.25, 0.3) is 0 Å². The fourth-order valence-electron chi connectivity index (χ4n) is 2.24. The smallest absolute Gasteiger partial charge is 0.134 e. The normalized spacial score (nSPS) is 10.9. The van der Waals surface area contributed by atoms with E-state index in [4.69, 9.17) is 11.6 Å². The van der Waals surface area contributed by atoms with Crippen LogP contribution in [0.2, 0.25) is 5.15 Å². The van der Waals surface area contributed by atoms with E-state index in [1.165, 1.54) is 5.69 Å². The Bertz CT molecular complexity index is 594. The highest BCUT2D eigenvalue weighted by Crippen LogP contribution is 2.12. The highest BCUT2D eigenvalue weighted by molar-refractivity contribution is 6.29. The van der Waals surface area contributed by atoms with Crippen molar-refractivity contribution in [3.8, 4) is 0 Å². The Kier molecular flexibility index (Phi) is 5.56. The average molecular weight is 308 g/mol. The SMILES string of the molecule is CCCc1nc(Cl)cc(NCCCn2nc(C)cc2C)n1. The van der Waals surface area contributed by atoms with Crippen molar-refractivity contribution in [3.63, 3.8) is 0 Å². The number of halogens is 1. The van der Waals surface area contributed by atoms with E-state index in [1.54, 1.807) is 6.07 Å². The Balaban J connectivity index is 1.84. The van der Waals surface area contributed by atoms with Crippen LogP contribution in [0.4, 0.5) is 5.82 Å². The summed E-state index contributed by atoms with van der Waals surface area (Å²) < 4.78 is 2.03.